The molecule has 2 atom stereocenters. The lowest BCUT2D eigenvalue weighted by molar-refractivity contribution is -0.141. The summed E-state index contributed by atoms with van der Waals surface area (Å²) in [5.74, 6) is 1.43. The van der Waals surface area contributed by atoms with Crippen molar-refractivity contribution in [2.75, 3.05) is 25.5 Å². The molecule has 6 nitrogen and oxygen atoms in total. The Kier molecular flexibility index (Phi) is 6.94. The summed E-state index contributed by atoms with van der Waals surface area (Å²) in [6.45, 7) is 2.70. The third kappa shape index (κ3) is 4.66. The van der Waals surface area contributed by atoms with E-state index in [-0.39, 0.29) is 30.3 Å². The summed E-state index contributed by atoms with van der Waals surface area (Å²) in [4.78, 5) is 27.6. The van der Waals surface area contributed by atoms with Gasteiger partial charge in [-0.1, -0.05) is 25.5 Å². The fourth-order valence-electron chi connectivity index (χ4n) is 4.90. The molecule has 0 saturated heterocycles. The highest BCUT2D eigenvalue weighted by atomic mass is 16.5. The second-order valence-corrected chi connectivity index (χ2v) is 8.20. The highest BCUT2D eigenvalue weighted by Gasteiger charge is 2.41. The first-order valence-corrected chi connectivity index (χ1v) is 10.5. The molecule has 3 rings (SSSR count). The van der Waals surface area contributed by atoms with Gasteiger partial charge in [0.1, 0.15) is 5.75 Å². The van der Waals surface area contributed by atoms with Gasteiger partial charge in [0.05, 0.1) is 19.3 Å². The zero-order chi connectivity index (χ0) is 20.1. The molecule has 2 fully saturated rings. The standard InChI is InChI=1S/C22H33N3O3/c1-3-11-25(14-20(26)24-18-9-4-5-10-19(18)28-2)22(27)17-12-15-7-6-8-16(13-17)21(15)23/h4-5,9-10,15-17,21H,3,6-8,11-14,23H2,1-2H3,(H,24,26). The van der Waals surface area contributed by atoms with Crippen LogP contribution in [0, 0.1) is 17.8 Å². The largest absolute Gasteiger partial charge is 0.495 e. The Hall–Kier alpha value is -2.08. The summed E-state index contributed by atoms with van der Waals surface area (Å²) in [5.41, 5.74) is 7.00. The predicted molar refractivity (Wildman–Crippen MR) is 110 cm³/mol. The molecule has 0 radical (unpaired) electrons. The average molecular weight is 388 g/mol. The van der Waals surface area contributed by atoms with Crippen LogP contribution < -0.4 is 15.8 Å². The number of ether oxygens (including phenoxy) is 1. The van der Waals surface area contributed by atoms with E-state index in [1.165, 1.54) is 6.42 Å². The number of para-hydroxylation sites is 2. The smallest absolute Gasteiger partial charge is 0.244 e. The van der Waals surface area contributed by atoms with Gasteiger partial charge in [-0.05, 0) is 56.1 Å². The lowest BCUT2D eigenvalue weighted by atomic mass is 9.65. The van der Waals surface area contributed by atoms with E-state index in [0.29, 0.717) is 29.8 Å². The molecule has 1 aromatic carbocycles. The quantitative estimate of drug-likeness (QED) is 0.753. The van der Waals surface area contributed by atoms with Crippen LogP contribution in [-0.4, -0.2) is 43.0 Å². The van der Waals surface area contributed by atoms with E-state index in [1.54, 1.807) is 24.1 Å². The maximum Gasteiger partial charge on any atom is 0.244 e. The summed E-state index contributed by atoms with van der Waals surface area (Å²) in [6.07, 6.45) is 6.04. The Morgan fingerprint density at radius 1 is 1.21 bits per heavy atom. The van der Waals surface area contributed by atoms with Gasteiger partial charge in [-0.15, -0.1) is 0 Å². The van der Waals surface area contributed by atoms with Crippen molar-refractivity contribution >= 4 is 17.5 Å². The van der Waals surface area contributed by atoms with Crippen LogP contribution in [0.15, 0.2) is 24.3 Å². The van der Waals surface area contributed by atoms with Gasteiger partial charge in [-0.25, -0.2) is 0 Å². The minimum Gasteiger partial charge on any atom is -0.495 e. The first-order chi connectivity index (χ1) is 13.5. The van der Waals surface area contributed by atoms with Crippen LogP contribution in [0.1, 0.15) is 45.4 Å². The number of hydrogen-bond acceptors (Lipinski definition) is 4. The maximum absolute atomic E-state index is 13.2. The fourth-order valence-corrected chi connectivity index (χ4v) is 4.90. The van der Waals surface area contributed by atoms with Gasteiger partial charge in [-0.2, -0.15) is 0 Å². The molecule has 2 aliphatic rings. The lowest BCUT2D eigenvalue weighted by Crippen LogP contribution is -2.50. The molecule has 2 bridgehead atoms. The number of benzene rings is 1. The van der Waals surface area contributed by atoms with Crippen LogP contribution in [0.4, 0.5) is 5.69 Å². The number of amides is 2. The normalized spacial score (nSPS) is 26.4. The van der Waals surface area contributed by atoms with E-state index in [4.69, 9.17) is 10.5 Å². The minimum absolute atomic E-state index is 0.000659. The minimum atomic E-state index is -0.195. The Morgan fingerprint density at radius 2 is 1.89 bits per heavy atom. The first kappa shape index (κ1) is 20.6. The van der Waals surface area contributed by atoms with Crippen LogP contribution in [0.2, 0.25) is 0 Å². The van der Waals surface area contributed by atoms with E-state index in [9.17, 15) is 9.59 Å². The van der Waals surface area contributed by atoms with E-state index in [2.05, 4.69) is 5.32 Å². The zero-order valence-corrected chi connectivity index (χ0v) is 17.0. The Balaban J connectivity index is 1.64. The second kappa shape index (κ2) is 9.41. The number of rotatable bonds is 7. The van der Waals surface area contributed by atoms with E-state index < -0.39 is 0 Å². The molecule has 0 heterocycles. The van der Waals surface area contributed by atoms with Crippen molar-refractivity contribution in [2.24, 2.45) is 23.5 Å². The number of hydrogen-bond donors (Lipinski definition) is 2. The molecule has 6 heteroatoms. The van der Waals surface area contributed by atoms with Crippen molar-refractivity contribution in [3.05, 3.63) is 24.3 Å². The van der Waals surface area contributed by atoms with Crippen molar-refractivity contribution < 1.29 is 14.3 Å². The SMILES string of the molecule is CCCN(CC(=O)Nc1ccccc1OC)C(=O)C1CC2CCCC(C1)C2N. The van der Waals surface area contributed by atoms with Crippen LogP contribution in [-0.2, 0) is 9.59 Å². The zero-order valence-electron chi connectivity index (χ0n) is 17.0. The summed E-state index contributed by atoms with van der Waals surface area (Å²) < 4.78 is 5.29. The summed E-state index contributed by atoms with van der Waals surface area (Å²) in [7, 11) is 1.57. The number of nitrogens with one attached hydrogen (secondary N) is 1. The highest BCUT2D eigenvalue weighted by molar-refractivity contribution is 5.96. The fraction of sp³-hybridized carbons (Fsp3) is 0.636. The van der Waals surface area contributed by atoms with Gasteiger partial charge in [-0.3, -0.25) is 9.59 Å². The molecule has 2 unspecified atom stereocenters. The number of carbonyl (C=O) groups is 2. The number of nitrogens with zero attached hydrogens (tertiary/aromatic N) is 1. The van der Waals surface area contributed by atoms with Crippen LogP contribution >= 0.6 is 0 Å². The van der Waals surface area contributed by atoms with Crippen LogP contribution in [0.25, 0.3) is 0 Å². The Bertz CT molecular complexity index is 679. The first-order valence-electron chi connectivity index (χ1n) is 10.5. The lowest BCUT2D eigenvalue weighted by Gasteiger charge is -2.44. The molecule has 0 spiro atoms. The van der Waals surface area contributed by atoms with E-state index in [0.717, 1.165) is 32.1 Å². The molecule has 1 aromatic rings. The third-order valence-corrected chi connectivity index (χ3v) is 6.28. The number of anilines is 1. The van der Waals surface area contributed by atoms with Gasteiger partial charge >= 0.3 is 0 Å². The predicted octanol–water partition coefficient (Wildman–Crippen LogP) is 3.03. The van der Waals surface area contributed by atoms with Gasteiger partial charge in [0.2, 0.25) is 11.8 Å². The van der Waals surface area contributed by atoms with Crippen molar-refractivity contribution in [3.8, 4) is 5.75 Å². The molecule has 0 aromatic heterocycles. The van der Waals surface area contributed by atoms with Gasteiger partial charge < -0.3 is 20.7 Å². The van der Waals surface area contributed by atoms with Gasteiger partial charge in [0, 0.05) is 18.5 Å². The van der Waals surface area contributed by atoms with Crippen LogP contribution in [0.3, 0.4) is 0 Å². The summed E-state index contributed by atoms with van der Waals surface area (Å²) in [6, 6.07) is 7.54. The average Bonchev–Trinajstić information content (AvgIpc) is 2.67. The Morgan fingerprint density at radius 3 is 2.54 bits per heavy atom. The molecular weight excluding hydrogens is 354 g/mol. The highest BCUT2D eigenvalue weighted by Crippen LogP contribution is 2.42. The van der Waals surface area contributed by atoms with Crippen molar-refractivity contribution in [1.29, 1.82) is 0 Å². The van der Waals surface area contributed by atoms with E-state index in [1.807, 2.05) is 19.1 Å². The monoisotopic (exact) mass is 387 g/mol. The number of fused-ring (bicyclic) bond motifs is 2. The molecule has 0 aliphatic heterocycles. The molecular formula is C22H33N3O3. The van der Waals surface area contributed by atoms with Crippen molar-refractivity contribution in [2.45, 2.75) is 51.5 Å². The Labute approximate surface area is 167 Å². The maximum atomic E-state index is 13.2. The molecule has 2 aliphatic carbocycles. The third-order valence-electron chi connectivity index (χ3n) is 6.28. The molecule has 28 heavy (non-hydrogen) atoms. The van der Waals surface area contributed by atoms with Crippen LogP contribution in [0.5, 0.6) is 5.75 Å². The van der Waals surface area contributed by atoms with Gasteiger partial charge in [0.25, 0.3) is 0 Å². The topological polar surface area (TPSA) is 84.7 Å². The molecule has 2 amide bonds. The van der Waals surface area contributed by atoms with Gasteiger partial charge in [0.15, 0.2) is 0 Å². The number of methoxy groups -OCH3 is 1. The van der Waals surface area contributed by atoms with Crippen molar-refractivity contribution in [1.82, 2.24) is 4.90 Å². The summed E-state index contributed by atoms with van der Waals surface area (Å²) in [5, 5.41) is 2.88. The summed E-state index contributed by atoms with van der Waals surface area (Å²) >= 11 is 0. The molecule has 2 saturated carbocycles. The number of nitrogens with two attached hydrogens (primary N) is 1. The van der Waals surface area contributed by atoms with Crippen molar-refractivity contribution in [3.63, 3.8) is 0 Å². The second-order valence-electron chi connectivity index (χ2n) is 8.20. The molecule has 154 valence electrons. The van der Waals surface area contributed by atoms with E-state index >= 15 is 0 Å². The number of carbonyl (C=O) groups excluding carboxylic acids is 2. The molecule has 3 N–H and O–H groups in total.